The molecule has 1 amide bonds. The zero-order chi connectivity index (χ0) is 41.3. The number of hydrogen-bond donors (Lipinski definition) is 6. The number of azo groups is 2. The molecule has 0 aliphatic carbocycles. The molecule has 0 aliphatic heterocycles. The maximum atomic E-state index is 12.7. The van der Waals surface area contributed by atoms with Crippen molar-refractivity contribution in [3.05, 3.63) is 60.2 Å². The molecule has 4 aromatic rings. The van der Waals surface area contributed by atoms with Crippen molar-refractivity contribution in [3.8, 4) is 11.5 Å². The summed E-state index contributed by atoms with van der Waals surface area (Å²) < 4.78 is 112. The molecule has 0 aromatic heterocycles. The molecule has 0 unspecified atom stereocenters. The number of aryl methyl sites for hydroxylation is 1. The third-order valence-electron chi connectivity index (χ3n) is 7.55. The molecule has 0 fully saturated rings. The minimum Gasteiger partial charge on any atom is -0.505 e. The predicted molar refractivity (Wildman–Crippen MR) is 201 cm³/mol. The van der Waals surface area contributed by atoms with Crippen molar-refractivity contribution in [2.75, 3.05) is 52.0 Å². The molecule has 0 spiro atoms. The van der Waals surface area contributed by atoms with Crippen LogP contribution >= 0.6 is 0 Å². The van der Waals surface area contributed by atoms with Crippen LogP contribution < -0.4 is 14.8 Å². The fourth-order valence-electron chi connectivity index (χ4n) is 4.96. The number of aromatic hydroxyl groups is 1. The van der Waals surface area contributed by atoms with Gasteiger partial charge in [0.1, 0.15) is 22.0 Å². The van der Waals surface area contributed by atoms with Gasteiger partial charge in [0.2, 0.25) is 15.9 Å². The molecular formula is C33H38N6O14S3. The fraction of sp³-hybridized carbons (Fsp3) is 0.303. The molecule has 302 valence electrons. The average Bonchev–Trinajstić information content (AvgIpc) is 3.12. The summed E-state index contributed by atoms with van der Waals surface area (Å²) >= 11 is 0. The highest BCUT2D eigenvalue weighted by Crippen LogP contribution is 2.46. The Labute approximate surface area is 321 Å². The highest BCUT2D eigenvalue weighted by molar-refractivity contribution is 7.89. The van der Waals surface area contributed by atoms with Crippen LogP contribution in [0.25, 0.3) is 10.8 Å². The number of aliphatic hydroxyl groups is 1. The van der Waals surface area contributed by atoms with Crippen LogP contribution in [0.15, 0.2) is 89.7 Å². The van der Waals surface area contributed by atoms with Gasteiger partial charge in [-0.05, 0) is 72.8 Å². The number of benzene rings is 4. The van der Waals surface area contributed by atoms with Crippen LogP contribution in [0.1, 0.15) is 18.9 Å². The number of carbonyl (C=O) groups is 1. The van der Waals surface area contributed by atoms with Crippen LogP contribution in [-0.2, 0) is 44.5 Å². The lowest BCUT2D eigenvalue weighted by atomic mass is 10.1. The van der Waals surface area contributed by atoms with Crippen molar-refractivity contribution < 1.29 is 63.6 Å². The van der Waals surface area contributed by atoms with E-state index in [0.29, 0.717) is 37.5 Å². The van der Waals surface area contributed by atoms with Crippen LogP contribution in [0, 0.1) is 6.92 Å². The molecular weight excluding hydrogens is 801 g/mol. The van der Waals surface area contributed by atoms with E-state index in [9.17, 15) is 44.3 Å². The van der Waals surface area contributed by atoms with Crippen molar-refractivity contribution in [1.29, 1.82) is 0 Å². The summed E-state index contributed by atoms with van der Waals surface area (Å²) in [6.07, 6.45) is 0.425. The number of aliphatic hydroxyl groups excluding tert-OH is 1. The first-order valence-electron chi connectivity index (χ1n) is 16.3. The molecule has 23 heteroatoms. The Morgan fingerprint density at radius 2 is 1.45 bits per heavy atom. The number of ether oxygens (including phenoxy) is 3. The monoisotopic (exact) mass is 838 g/mol. The van der Waals surface area contributed by atoms with Gasteiger partial charge in [-0.3, -0.25) is 13.9 Å². The second-order valence-electron chi connectivity index (χ2n) is 11.7. The standard InChI is InChI=1S/C33H38N6O14S3/c1-20-15-27(38-36-23-5-7-24(8-6-23)54(43,44)34-9-4-11-52-13-14-53-12-10-40)29(51-3)19-26(20)37-39-32-30(56(48,49)50)17-22-16-25(55(45,46)47)18-28(35-21(2)41)31(22)33(32)42/h5-8,15-19,34,40,42H,4,9-14H2,1-3H3,(H,35,41)(H,45,46,47)(H,48,49,50). The summed E-state index contributed by atoms with van der Waals surface area (Å²) in [7, 11) is -12.5. The highest BCUT2D eigenvalue weighted by atomic mass is 32.2. The van der Waals surface area contributed by atoms with Crippen molar-refractivity contribution >= 4 is 75.4 Å². The normalized spacial score (nSPS) is 12.5. The number of carbonyl (C=O) groups excluding carboxylic acids is 1. The van der Waals surface area contributed by atoms with Crippen LogP contribution in [0.3, 0.4) is 0 Å². The predicted octanol–water partition coefficient (Wildman–Crippen LogP) is 4.84. The van der Waals surface area contributed by atoms with E-state index in [4.69, 9.17) is 19.3 Å². The topological polar surface area (TPSA) is 302 Å². The van der Waals surface area contributed by atoms with Gasteiger partial charge in [-0.15, -0.1) is 15.3 Å². The third kappa shape index (κ3) is 11.5. The van der Waals surface area contributed by atoms with E-state index >= 15 is 0 Å². The van der Waals surface area contributed by atoms with Gasteiger partial charge in [-0.25, -0.2) is 13.1 Å². The van der Waals surface area contributed by atoms with E-state index in [0.717, 1.165) is 25.1 Å². The molecule has 56 heavy (non-hydrogen) atoms. The van der Waals surface area contributed by atoms with Gasteiger partial charge < -0.3 is 29.7 Å². The first-order chi connectivity index (χ1) is 26.3. The van der Waals surface area contributed by atoms with E-state index in [1.807, 2.05) is 0 Å². The SMILES string of the molecule is COc1cc(N=Nc2c(S(=O)(=O)O)cc3cc(S(=O)(=O)O)cc(NC(C)=O)c3c2O)c(C)cc1N=Nc1ccc(S(=O)(=O)NCCCOCCOCCO)cc1. The number of fused-ring (bicyclic) bond motifs is 1. The number of methoxy groups -OCH3 is 1. The van der Waals surface area contributed by atoms with Crippen LogP contribution in [0.5, 0.6) is 11.5 Å². The number of anilines is 1. The first kappa shape index (κ1) is 43.7. The highest BCUT2D eigenvalue weighted by Gasteiger charge is 2.26. The van der Waals surface area contributed by atoms with E-state index in [-0.39, 0.29) is 58.2 Å². The second kappa shape index (κ2) is 18.8. The van der Waals surface area contributed by atoms with Gasteiger partial charge in [-0.1, -0.05) is 0 Å². The lowest BCUT2D eigenvalue weighted by molar-refractivity contribution is -0.114. The molecule has 0 heterocycles. The quantitative estimate of drug-likeness (QED) is 0.0418. The van der Waals surface area contributed by atoms with Gasteiger partial charge in [0.05, 0.1) is 60.4 Å². The number of phenolic OH excluding ortho intramolecular Hbond substituents is 1. The van der Waals surface area contributed by atoms with Gasteiger partial charge in [-0.2, -0.15) is 21.9 Å². The Hall–Kier alpha value is -4.98. The van der Waals surface area contributed by atoms with Crippen molar-refractivity contribution in [2.45, 2.75) is 35.0 Å². The zero-order valence-corrected chi connectivity index (χ0v) is 32.5. The molecule has 0 aliphatic rings. The molecule has 0 saturated heterocycles. The van der Waals surface area contributed by atoms with Crippen LogP contribution in [0.2, 0.25) is 0 Å². The molecule has 0 radical (unpaired) electrons. The summed E-state index contributed by atoms with van der Waals surface area (Å²) in [5.74, 6) is -1.48. The average molecular weight is 839 g/mol. The maximum Gasteiger partial charge on any atom is 0.296 e. The van der Waals surface area contributed by atoms with E-state index in [1.54, 1.807) is 6.92 Å². The number of phenols is 1. The smallest absolute Gasteiger partial charge is 0.296 e. The fourth-order valence-corrected chi connectivity index (χ4v) is 7.23. The van der Waals surface area contributed by atoms with Gasteiger partial charge in [0, 0.05) is 31.5 Å². The molecule has 0 bridgehead atoms. The summed E-state index contributed by atoms with van der Waals surface area (Å²) in [6, 6.07) is 10.9. The van der Waals surface area contributed by atoms with E-state index in [1.165, 1.54) is 43.5 Å². The number of nitrogens with one attached hydrogen (secondary N) is 2. The van der Waals surface area contributed by atoms with Gasteiger partial charge >= 0.3 is 0 Å². The van der Waals surface area contributed by atoms with Gasteiger partial charge in [0.15, 0.2) is 5.75 Å². The molecule has 0 atom stereocenters. The Bertz CT molecular complexity index is 2480. The summed E-state index contributed by atoms with van der Waals surface area (Å²) in [4.78, 5) is 10.2. The minimum absolute atomic E-state index is 0.00158. The Balaban J connectivity index is 1.57. The molecule has 20 nitrogen and oxygen atoms in total. The van der Waals surface area contributed by atoms with E-state index < -0.39 is 57.4 Å². The number of nitrogens with zero attached hydrogens (tertiary/aromatic N) is 4. The lowest BCUT2D eigenvalue weighted by Crippen LogP contribution is -2.25. The maximum absolute atomic E-state index is 12.7. The first-order valence-corrected chi connectivity index (χ1v) is 20.7. The van der Waals surface area contributed by atoms with Crippen molar-refractivity contribution in [2.24, 2.45) is 20.5 Å². The molecule has 0 saturated carbocycles. The summed E-state index contributed by atoms with van der Waals surface area (Å²) in [5.41, 5.74) is -0.0790. The third-order valence-corrected chi connectivity index (χ3v) is 10.7. The second-order valence-corrected chi connectivity index (χ2v) is 16.3. The Kier molecular flexibility index (Phi) is 14.7. The van der Waals surface area contributed by atoms with Gasteiger partial charge in [0.25, 0.3) is 20.2 Å². The lowest BCUT2D eigenvalue weighted by Gasteiger charge is -2.14. The Morgan fingerprint density at radius 1 is 0.786 bits per heavy atom. The van der Waals surface area contributed by atoms with Crippen molar-refractivity contribution in [1.82, 2.24) is 4.72 Å². The van der Waals surface area contributed by atoms with E-state index in [2.05, 4.69) is 30.5 Å². The summed E-state index contributed by atoms with van der Waals surface area (Å²) in [5, 5.41) is 37.9. The molecule has 6 N–H and O–H groups in total. The number of sulfonamides is 1. The van der Waals surface area contributed by atoms with Crippen LogP contribution in [-0.4, -0.2) is 97.2 Å². The zero-order valence-electron chi connectivity index (χ0n) is 30.0. The number of rotatable bonds is 19. The Morgan fingerprint density at radius 3 is 2.05 bits per heavy atom. The number of hydrogen-bond acceptors (Lipinski definition) is 16. The van der Waals surface area contributed by atoms with Crippen molar-refractivity contribution in [3.63, 3.8) is 0 Å². The molecule has 4 aromatic carbocycles. The summed E-state index contributed by atoms with van der Waals surface area (Å²) in [6.45, 7) is 3.90. The van der Waals surface area contributed by atoms with Crippen LogP contribution in [0.4, 0.5) is 28.4 Å². The largest absolute Gasteiger partial charge is 0.505 e. The number of amides is 1. The minimum atomic E-state index is -5.14. The molecule has 4 rings (SSSR count).